The maximum atomic E-state index is 13.1. The van der Waals surface area contributed by atoms with Crippen LogP contribution in [0.5, 0.6) is 23.3 Å². The number of aryl methyl sites for hydroxylation is 7. The first kappa shape index (κ1) is 47.1. The third-order valence-corrected chi connectivity index (χ3v) is 11.9. The van der Waals surface area contributed by atoms with Crippen LogP contribution in [0.4, 0.5) is 11.6 Å². The third kappa shape index (κ3) is 11.4. The molecule has 0 bridgehead atoms. The van der Waals surface area contributed by atoms with E-state index in [2.05, 4.69) is 25.0 Å². The maximum Gasteiger partial charge on any atom is 0.281 e. The zero-order valence-electron chi connectivity index (χ0n) is 36.0. The molecule has 0 fully saturated rings. The second-order valence-electron chi connectivity index (χ2n) is 14.7. The molecule has 5 heterocycles. The number of sulfonamides is 2. The standard InChI is InChI=1S/C24H24N6O4S.C20H19ClN4O4S/c1-14-12-15(2)22(16(3)13-14)34-24-18(8-9-20(27-24)30-11-10-17(4)28-30)23(31)29-35(32,33)21-7-5-6-19(25)26-21;1-11-9-12(2)18(13(3)10-11)29-20-14(7-8-15(21)23-20)19(26)25-30(27,28)17-6-4-5-16(22)24-17/h5-13H,1-4H3,(H2,25,26)(H,29,31);4-10H,1-3H3,(H2,22,24)(H,25,26). The molecule has 7 rings (SSSR count). The fraction of sp³-hybridized carbons (Fsp3) is 0.159. The molecule has 7 aromatic rings. The molecule has 18 nitrogen and oxygen atoms in total. The van der Waals surface area contributed by atoms with Crippen LogP contribution in [0.25, 0.3) is 5.82 Å². The van der Waals surface area contributed by atoms with Crippen LogP contribution in [0.3, 0.4) is 0 Å². The van der Waals surface area contributed by atoms with Gasteiger partial charge >= 0.3 is 0 Å². The van der Waals surface area contributed by atoms with E-state index in [1.807, 2.05) is 88.2 Å². The Morgan fingerprint density at radius 2 is 1.02 bits per heavy atom. The van der Waals surface area contributed by atoms with Crippen LogP contribution in [0.2, 0.25) is 5.15 Å². The Kier molecular flexibility index (Phi) is 13.9. The van der Waals surface area contributed by atoms with Crippen molar-refractivity contribution in [2.24, 2.45) is 0 Å². The van der Waals surface area contributed by atoms with Crippen molar-refractivity contribution >= 4 is 55.1 Å². The van der Waals surface area contributed by atoms with Crippen molar-refractivity contribution in [1.82, 2.24) is 39.2 Å². The van der Waals surface area contributed by atoms with Gasteiger partial charge in [-0.1, -0.05) is 59.1 Å². The fourth-order valence-electron chi connectivity index (χ4n) is 6.49. The molecule has 2 amide bonds. The number of aromatic nitrogens is 6. The van der Waals surface area contributed by atoms with E-state index in [0.29, 0.717) is 17.3 Å². The number of nitrogens with zero attached hydrogens (tertiary/aromatic N) is 6. The van der Waals surface area contributed by atoms with E-state index in [1.165, 1.54) is 59.3 Å². The average molecular weight is 939 g/mol. The van der Waals surface area contributed by atoms with Crippen molar-refractivity contribution in [3.05, 3.63) is 153 Å². The number of ether oxygens (including phenoxy) is 2. The molecule has 5 aromatic heterocycles. The number of nitrogen functional groups attached to an aromatic ring is 2. The normalized spacial score (nSPS) is 11.3. The topological polar surface area (TPSA) is 266 Å². The van der Waals surface area contributed by atoms with Crippen LogP contribution in [0, 0.1) is 48.5 Å². The van der Waals surface area contributed by atoms with E-state index >= 15 is 0 Å². The fourth-order valence-corrected chi connectivity index (χ4v) is 8.51. The molecule has 6 N–H and O–H groups in total. The molecule has 2 aromatic carbocycles. The number of hydrogen-bond donors (Lipinski definition) is 4. The second kappa shape index (κ2) is 19.1. The SMILES string of the molecule is Cc1cc(C)c(Oc2nc(-n3ccc(C)n3)ccc2C(=O)NS(=O)(=O)c2cccc(N)n2)c(C)c1.Cc1cc(C)c(Oc2nc(Cl)ccc2C(=O)NS(=O)(=O)c2cccc(N)n2)c(C)c1. The summed E-state index contributed by atoms with van der Waals surface area (Å²) in [6, 6.07) is 23.4. The quantitative estimate of drug-likeness (QED) is 0.0957. The molecule has 21 heteroatoms. The lowest BCUT2D eigenvalue weighted by Gasteiger charge is -2.16. The van der Waals surface area contributed by atoms with Gasteiger partial charge in [-0.3, -0.25) is 9.59 Å². The van der Waals surface area contributed by atoms with E-state index in [4.69, 9.17) is 32.5 Å². The van der Waals surface area contributed by atoms with E-state index in [9.17, 15) is 26.4 Å². The zero-order chi connectivity index (χ0) is 47.4. The number of rotatable bonds is 11. The minimum Gasteiger partial charge on any atom is -0.438 e. The molecule has 0 saturated heterocycles. The lowest BCUT2D eigenvalue weighted by atomic mass is 10.1. The molecule has 65 heavy (non-hydrogen) atoms. The largest absolute Gasteiger partial charge is 0.438 e. The molecule has 0 aliphatic rings. The number of carbonyl (C=O) groups is 2. The van der Waals surface area contributed by atoms with Gasteiger partial charge in [0.2, 0.25) is 11.8 Å². The van der Waals surface area contributed by atoms with Gasteiger partial charge in [-0.2, -0.15) is 26.9 Å². The first-order valence-corrected chi connectivity index (χ1v) is 22.8. The average Bonchev–Trinajstić information content (AvgIpc) is 3.66. The lowest BCUT2D eigenvalue weighted by Crippen LogP contribution is -2.31. The Balaban J connectivity index is 0.000000218. The molecular formula is C44H43ClN10O8S2. The summed E-state index contributed by atoms with van der Waals surface area (Å²) in [6.07, 6.45) is 1.72. The van der Waals surface area contributed by atoms with Gasteiger partial charge in [-0.15, -0.1) is 0 Å². The number of hydrogen-bond acceptors (Lipinski definition) is 15. The Hall–Kier alpha value is -7.42. The molecule has 0 atom stereocenters. The number of halogens is 1. The number of amides is 2. The van der Waals surface area contributed by atoms with Crippen molar-refractivity contribution in [2.75, 3.05) is 11.5 Å². The number of pyridine rings is 4. The number of carbonyl (C=O) groups excluding carboxylic acids is 2. The number of nitrogens with two attached hydrogens (primary N) is 2. The first-order chi connectivity index (χ1) is 30.6. The molecular weight excluding hydrogens is 896 g/mol. The van der Waals surface area contributed by atoms with Crippen LogP contribution in [-0.4, -0.2) is 58.4 Å². The lowest BCUT2D eigenvalue weighted by molar-refractivity contribution is 0.0969. The van der Waals surface area contributed by atoms with Gasteiger partial charge in [0, 0.05) is 6.20 Å². The van der Waals surface area contributed by atoms with Crippen LogP contribution >= 0.6 is 11.6 Å². The Bertz CT molecular complexity index is 3170. The number of benzene rings is 2. The van der Waals surface area contributed by atoms with Crippen molar-refractivity contribution in [3.63, 3.8) is 0 Å². The van der Waals surface area contributed by atoms with E-state index in [0.717, 1.165) is 39.1 Å². The summed E-state index contributed by atoms with van der Waals surface area (Å²) in [7, 11) is -8.55. The van der Waals surface area contributed by atoms with Crippen LogP contribution in [-0.2, 0) is 20.0 Å². The molecule has 0 aliphatic heterocycles. The highest BCUT2D eigenvalue weighted by molar-refractivity contribution is 7.90. The van der Waals surface area contributed by atoms with E-state index < -0.39 is 31.9 Å². The molecule has 0 aliphatic carbocycles. The first-order valence-electron chi connectivity index (χ1n) is 19.4. The molecule has 336 valence electrons. The van der Waals surface area contributed by atoms with Crippen molar-refractivity contribution in [2.45, 2.75) is 58.5 Å². The highest BCUT2D eigenvalue weighted by atomic mass is 35.5. The monoisotopic (exact) mass is 938 g/mol. The summed E-state index contributed by atoms with van der Waals surface area (Å²) in [6.45, 7) is 13.2. The van der Waals surface area contributed by atoms with Gasteiger partial charge in [-0.05, 0) is 125 Å². The summed E-state index contributed by atoms with van der Waals surface area (Å²) in [5, 5.41) is 3.66. The molecule has 0 saturated carbocycles. The predicted octanol–water partition coefficient (Wildman–Crippen LogP) is 6.94. The zero-order valence-corrected chi connectivity index (χ0v) is 38.4. The van der Waals surface area contributed by atoms with Crippen LogP contribution < -0.4 is 30.4 Å². The van der Waals surface area contributed by atoms with Gasteiger partial charge in [0.15, 0.2) is 15.9 Å². The number of nitrogens with one attached hydrogen (secondary N) is 2. The van der Waals surface area contributed by atoms with Gasteiger partial charge < -0.3 is 20.9 Å². The maximum absolute atomic E-state index is 13.1. The highest BCUT2D eigenvalue weighted by Crippen LogP contribution is 2.33. The van der Waals surface area contributed by atoms with Gasteiger partial charge in [0.25, 0.3) is 31.9 Å². The smallest absolute Gasteiger partial charge is 0.281 e. The summed E-state index contributed by atoms with van der Waals surface area (Å²) < 4.78 is 68.0. The summed E-state index contributed by atoms with van der Waals surface area (Å²) >= 11 is 5.97. The van der Waals surface area contributed by atoms with Crippen LogP contribution in [0.1, 0.15) is 59.8 Å². The van der Waals surface area contributed by atoms with Gasteiger partial charge in [0.1, 0.15) is 39.4 Å². The predicted molar refractivity (Wildman–Crippen MR) is 243 cm³/mol. The second-order valence-corrected chi connectivity index (χ2v) is 18.4. The van der Waals surface area contributed by atoms with Crippen molar-refractivity contribution in [3.8, 4) is 29.1 Å². The minimum atomic E-state index is -4.29. The van der Waals surface area contributed by atoms with Gasteiger partial charge in [0.05, 0.1) is 5.69 Å². The summed E-state index contributed by atoms with van der Waals surface area (Å²) in [4.78, 5) is 41.9. The Labute approximate surface area is 380 Å². The van der Waals surface area contributed by atoms with Crippen molar-refractivity contribution in [1.29, 1.82) is 0 Å². The molecule has 0 unspecified atom stereocenters. The van der Waals surface area contributed by atoms with E-state index in [1.54, 1.807) is 12.3 Å². The minimum absolute atomic E-state index is 0.00725. The van der Waals surface area contributed by atoms with Gasteiger partial charge in [-0.25, -0.2) is 29.1 Å². The Morgan fingerprint density at radius 1 is 0.585 bits per heavy atom. The summed E-state index contributed by atoms with van der Waals surface area (Å²) in [5.74, 6) is -0.626. The van der Waals surface area contributed by atoms with Crippen LogP contribution in [0.15, 0.2) is 107 Å². The number of anilines is 2. The third-order valence-electron chi connectivity index (χ3n) is 9.22. The van der Waals surface area contributed by atoms with E-state index in [-0.39, 0.29) is 49.7 Å². The Morgan fingerprint density at radius 3 is 1.43 bits per heavy atom. The van der Waals surface area contributed by atoms with Crippen molar-refractivity contribution < 1.29 is 35.9 Å². The molecule has 0 radical (unpaired) electrons. The summed E-state index contributed by atoms with van der Waals surface area (Å²) in [5.41, 5.74) is 17.2. The molecule has 0 spiro atoms. The highest BCUT2D eigenvalue weighted by Gasteiger charge is 2.26.